The Hall–Kier alpha value is -4.56. The first-order chi connectivity index (χ1) is 21.1. The van der Waals surface area contributed by atoms with Crippen molar-refractivity contribution in [2.24, 2.45) is 0 Å². The molecule has 7 aromatic carbocycles. The number of benzene rings is 7. The number of hydrogen-bond acceptors (Lipinski definition) is 1. The van der Waals surface area contributed by atoms with Gasteiger partial charge in [-0.25, -0.2) is 0 Å². The van der Waals surface area contributed by atoms with Gasteiger partial charge >= 0.3 is 0 Å². The molecule has 0 aliphatic heterocycles. The van der Waals surface area contributed by atoms with Gasteiger partial charge in [0.25, 0.3) is 0 Å². The molecule has 0 fully saturated rings. The summed E-state index contributed by atoms with van der Waals surface area (Å²) in [6.45, 7) is 13.7. The van der Waals surface area contributed by atoms with E-state index >= 15 is 0 Å². The van der Waals surface area contributed by atoms with Crippen LogP contribution < -0.4 is 21.3 Å². The Bertz CT molecular complexity index is 2170. The summed E-state index contributed by atoms with van der Waals surface area (Å²) in [5.41, 5.74) is 13.5. The first-order valence-corrected chi connectivity index (χ1v) is 15.8. The molecule has 44 heavy (non-hydrogen) atoms. The molecule has 0 radical (unpaired) electrons. The maximum Gasteiger partial charge on any atom is 0.243 e. The van der Waals surface area contributed by atoms with Crippen molar-refractivity contribution in [3.8, 4) is 0 Å². The van der Waals surface area contributed by atoms with Crippen LogP contribution in [0.2, 0.25) is 0 Å². The van der Waals surface area contributed by atoms with Crippen molar-refractivity contribution in [1.82, 2.24) is 0 Å². The highest BCUT2D eigenvalue weighted by Gasteiger charge is 2.31. The molecule has 1 nitrogen and oxygen atoms in total. The van der Waals surface area contributed by atoms with E-state index in [1.54, 1.807) is 0 Å². The molecule has 0 unspecified atom stereocenters. The first-order valence-electron chi connectivity index (χ1n) is 15.8. The van der Waals surface area contributed by atoms with Gasteiger partial charge in [0.15, 0.2) is 0 Å². The van der Waals surface area contributed by atoms with Crippen molar-refractivity contribution in [1.29, 1.82) is 0 Å². The number of nitrogens with zero attached hydrogens (tertiary/aromatic N) is 1. The first kappa shape index (κ1) is 28.2. The van der Waals surface area contributed by atoms with Crippen molar-refractivity contribution < 1.29 is 0 Å². The highest BCUT2D eigenvalue weighted by atomic mass is 15.1. The zero-order valence-electron chi connectivity index (χ0n) is 27.3. The third-order valence-corrected chi connectivity index (χ3v) is 9.70. The van der Waals surface area contributed by atoms with Crippen LogP contribution in [-0.2, 0) is 0 Å². The van der Waals surface area contributed by atoms with Gasteiger partial charge in [0.05, 0.1) is 0 Å². The minimum absolute atomic E-state index is 0.0887. The summed E-state index contributed by atoms with van der Waals surface area (Å²) in [5, 5.41) is 10.5. The van der Waals surface area contributed by atoms with Crippen LogP contribution in [0.1, 0.15) is 33.4 Å². The summed E-state index contributed by atoms with van der Waals surface area (Å²) < 4.78 is 0. The summed E-state index contributed by atoms with van der Waals surface area (Å²) in [5.74, 6) is 0. The monoisotopic (exact) mass is 569 g/mol. The minimum atomic E-state index is 0.0887. The molecule has 0 bridgehead atoms. The zero-order chi connectivity index (χ0) is 30.9. The average Bonchev–Trinajstić information content (AvgIpc) is 2.98. The van der Waals surface area contributed by atoms with Crippen molar-refractivity contribution in [2.45, 2.75) is 41.5 Å². The Labute approximate surface area is 262 Å². The summed E-state index contributed by atoms with van der Waals surface area (Å²) in [4.78, 5) is 2.28. The lowest BCUT2D eigenvalue weighted by Gasteiger charge is -2.27. The largest absolute Gasteiger partial charge is 0.377 e. The maximum absolute atomic E-state index is 2.51. The molecule has 7 rings (SSSR count). The van der Waals surface area contributed by atoms with Crippen LogP contribution >= 0.6 is 0 Å². The molecule has 0 saturated carbocycles. The lowest BCUT2D eigenvalue weighted by Crippen LogP contribution is -2.56. The fourth-order valence-corrected chi connectivity index (χ4v) is 8.14. The van der Waals surface area contributed by atoms with Crippen LogP contribution in [0.3, 0.4) is 0 Å². The molecule has 0 amide bonds. The summed E-state index contributed by atoms with van der Waals surface area (Å²) >= 11 is 0. The topological polar surface area (TPSA) is 3.24 Å². The SMILES string of the molecule is Cc1cc(C)c(B(c2c(C)cc(C)cc2C)c2cc3ccc4ccccc4c3c3c2cc(N(C)C)c2ccccc23)c(C)c1. The van der Waals surface area contributed by atoms with Gasteiger partial charge in [0, 0.05) is 25.2 Å². The quantitative estimate of drug-likeness (QED) is 0.151. The number of aryl methyl sites for hydroxylation is 6. The van der Waals surface area contributed by atoms with E-state index in [4.69, 9.17) is 0 Å². The molecule has 0 spiro atoms. The maximum atomic E-state index is 2.51. The van der Waals surface area contributed by atoms with E-state index in [0.717, 1.165) is 0 Å². The van der Waals surface area contributed by atoms with Crippen LogP contribution in [-0.4, -0.2) is 20.8 Å². The smallest absolute Gasteiger partial charge is 0.243 e. The van der Waals surface area contributed by atoms with Gasteiger partial charge in [-0.3, -0.25) is 0 Å². The predicted octanol–water partition coefficient (Wildman–Crippen LogP) is 8.73. The van der Waals surface area contributed by atoms with Gasteiger partial charge in [-0.2, -0.15) is 0 Å². The number of rotatable bonds is 4. The predicted molar refractivity (Wildman–Crippen MR) is 197 cm³/mol. The second-order valence-corrected chi connectivity index (χ2v) is 13.2. The summed E-state index contributed by atoms with van der Waals surface area (Å²) in [6, 6.07) is 36.9. The van der Waals surface area contributed by atoms with Crippen LogP contribution in [0.4, 0.5) is 5.69 Å². The second kappa shape index (κ2) is 10.6. The van der Waals surface area contributed by atoms with Crippen LogP contribution in [0, 0.1) is 41.5 Å². The Balaban J connectivity index is 1.76. The van der Waals surface area contributed by atoms with Crippen molar-refractivity contribution in [3.63, 3.8) is 0 Å². The van der Waals surface area contributed by atoms with E-state index in [-0.39, 0.29) is 6.71 Å². The lowest BCUT2D eigenvalue weighted by atomic mass is 9.33. The fourth-order valence-electron chi connectivity index (χ4n) is 8.14. The molecule has 7 aromatic rings. The minimum Gasteiger partial charge on any atom is -0.377 e. The van der Waals surface area contributed by atoms with E-state index < -0.39 is 0 Å². The van der Waals surface area contributed by atoms with Crippen molar-refractivity contribution in [3.05, 3.63) is 130 Å². The standard InChI is InChI=1S/C42H40BN/c1-25-19-27(3)41(28(4)20-25)43(42-29(5)21-26(2)22-30(42)6)37-23-32-18-17-31-13-9-10-14-33(31)39(32)40-35-16-12-11-15-34(35)38(44(7)8)24-36(37)40/h9-24H,1-8H3. The Morgan fingerprint density at radius 2 is 0.955 bits per heavy atom. The molecule has 0 aromatic heterocycles. The number of anilines is 1. The molecular formula is C42H40BN. The van der Waals surface area contributed by atoms with Gasteiger partial charge in [0.1, 0.15) is 0 Å². The third kappa shape index (κ3) is 4.39. The molecule has 216 valence electrons. The number of fused-ring (bicyclic) bond motifs is 7. The molecule has 0 N–H and O–H groups in total. The average molecular weight is 570 g/mol. The Kier molecular flexibility index (Phi) is 6.78. The van der Waals surface area contributed by atoms with E-state index in [1.807, 2.05) is 0 Å². The molecule has 2 heteroatoms. The molecule has 0 aliphatic carbocycles. The Morgan fingerprint density at radius 3 is 1.52 bits per heavy atom. The highest BCUT2D eigenvalue weighted by Crippen LogP contribution is 2.39. The Morgan fingerprint density at radius 1 is 0.455 bits per heavy atom. The van der Waals surface area contributed by atoms with Gasteiger partial charge in [-0.1, -0.05) is 141 Å². The van der Waals surface area contributed by atoms with Gasteiger partial charge in [-0.15, -0.1) is 0 Å². The molecule has 0 atom stereocenters. The van der Waals surface area contributed by atoms with E-state index in [0.29, 0.717) is 0 Å². The van der Waals surface area contributed by atoms with Gasteiger partial charge in [-0.05, 0) is 85.3 Å². The fraction of sp³-hybridized carbons (Fsp3) is 0.190. The van der Waals surface area contributed by atoms with Crippen LogP contribution in [0.5, 0.6) is 0 Å². The molecule has 0 saturated heterocycles. The van der Waals surface area contributed by atoms with Gasteiger partial charge < -0.3 is 4.90 Å². The van der Waals surface area contributed by atoms with Crippen molar-refractivity contribution in [2.75, 3.05) is 19.0 Å². The van der Waals surface area contributed by atoms with E-state index in [1.165, 1.54) is 98.5 Å². The van der Waals surface area contributed by atoms with Crippen LogP contribution in [0.25, 0.3) is 43.1 Å². The number of hydrogen-bond donors (Lipinski definition) is 0. The molecule has 0 heterocycles. The van der Waals surface area contributed by atoms with Gasteiger partial charge in [0.2, 0.25) is 6.71 Å². The third-order valence-electron chi connectivity index (χ3n) is 9.70. The van der Waals surface area contributed by atoms with E-state index in [2.05, 4.69) is 158 Å². The normalized spacial score (nSPS) is 11.6. The summed E-state index contributed by atoms with van der Waals surface area (Å²) in [6.07, 6.45) is 0. The molecule has 0 aliphatic rings. The lowest BCUT2D eigenvalue weighted by molar-refractivity contribution is 1.15. The van der Waals surface area contributed by atoms with Crippen LogP contribution in [0.15, 0.2) is 97.1 Å². The van der Waals surface area contributed by atoms with Crippen molar-refractivity contribution >= 4 is 71.9 Å². The highest BCUT2D eigenvalue weighted by molar-refractivity contribution is 6.98. The van der Waals surface area contributed by atoms with E-state index in [9.17, 15) is 0 Å². The zero-order valence-corrected chi connectivity index (χ0v) is 27.3. The summed E-state index contributed by atoms with van der Waals surface area (Å²) in [7, 11) is 4.34. The molecular weight excluding hydrogens is 529 g/mol. The second-order valence-electron chi connectivity index (χ2n) is 13.2.